The van der Waals surface area contributed by atoms with Gasteiger partial charge in [0.15, 0.2) is 0 Å². The highest BCUT2D eigenvalue weighted by molar-refractivity contribution is 5.68. The van der Waals surface area contributed by atoms with Gasteiger partial charge in [-0.05, 0) is 6.92 Å². The minimum atomic E-state index is -0.123. The van der Waals surface area contributed by atoms with Crippen molar-refractivity contribution in [2.24, 2.45) is 0 Å². The number of carbonyl (C=O) groups is 1. The molecular weight excluding hydrogens is 188 g/mol. The molecule has 1 rings (SSSR count). The van der Waals surface area contributed by atoms with Crippen LogP contribution in [-0.2, 0) is 9.53 Å². The fourth-order valence-electron chi connectivity index (χ4n) is 1.32. The predicted molar refractivity (Wildman–Crippen MR) is 66.0 cm³/mol. The maximum atomic E-state index is 10.2. The van der Waals surface area contributed by atoms with Crippen molar-refractivity contribution in [1.82, 2.24) is 0 Å². The fraction of sp³-hybridized carbons (Fsp3) is 0.923. The minimum Gasteiger partial charge on any atom is -0.466 e. The van der Waals surface area contributed by atoms with Crippen LogP contribution in [0.2, 0.25) is 0 Å². The zero-order chi connectivity index (χ0) is 11.9. The molecule has 0 aliphatic heterocycles. The largest absolute Gasteiger partial charge is 0.466 e. The molecule has 0 N–H and O–H groups in total. The number of hydrogen-bond donors (Lipinski definition) is 0. The predicted octanol–water partition coefficient (Wildman–Crippen LogP) is 4.33. The summed E-state index contributed by atoms with van der Waals surface area (Å²) >= 11 is 0. The molecule has 0 bridgehead atoms. The topological polar surface area (TPSA) is 26.3 Å². The lowest BCUT2D eigenvalue weighted by Crippen LogP contribution is -2.00. The molecule has 1 aliphatic rings. The molecule has 0 aromatic heterocycles. The first-order valence-electron chi connectivity index (χ1n) is 6.46. The number of rotatable bonds is 2. The van der Waals surface area contributed by atoms with Crippen molar-refractivity contribution in [1.29, 1.82) is 0 Å². The van der Waals surface area contributed by atoms with Crippen LogP contribution in [0.25, 0.3) is 0 Å². The third-order valence-electron chi connectivity index (χ3n) is 2.09. The number of ether oxygens (including phenoxy) is 1. The molecule has 1 fully saturated rings. The zero-order valence-electron chi connectivity index (χ0n) is 11.0. The van der Waals surface area contributed by atoms with Crippen LogP contribution in [0.4, 0.5) is 0 Å². The molecule has 0 radical (unpaired) electrons. The van der Waals surface area contributed by atoms with Crippen LogP contribution < -0.4 is 0 Å². The van der Waals surface area contributed by atoms with E-state index in [0.29, 0.717) is 13.0 Å². The van der Waals surface area contributed by atoms with Crippen LogP contribution in [-0.4, -0.2) is 12.6 Å². The molecule has 2 heteroatoms. The molecule has 0 heterocycles. The van der Waals surface area contributed by atoms with Crippen LogP contribution in [0, 0.1) is 0 Å². The summed E-state index contributed by atoms with van der Waals surface area (Å²) in [7, 11) is 0. The van der Waals surface area contributed by atoms with Gasteiger partial charge in [-0.3, -0.25) is 4.79 Å². The van der Waals surface area contributed by atoms with E-state index in [4.69, 9.17) is 0 Å². The summed E-state index contributed by atoms with van der Waals surface area (Å²) in [6, 6.07) is 0. The lowest BCUT2D eigenvalue weighted by Gasteiger charge is -2.05. The van der Waals surface area contributed by atoms with Crippen LogP contribution in [0.15, 0.2) is 0 Å². The van der Waals surface area contributed by atoms with Crippen molar-refractivity contribution in [3.05, 3.63) is 0 Å². The van der Waals surface area contributed by atoms with E-state index in [0.717, 1.165) is 0 Å². The Hall–Kier alpha value is -0.530. The van der Waals surface area contributed by atoms with Crippen molar-refractivity contribution in [2.45, 2.75) is 72.6 Å². The molecule has 0 aromatic rings. The second kappa shape index (κ2) is 15.9. The Morgan fingerprint density at radius 1 is 0.933 bits per heavy atom. The highest BCUT2D eigenvalue weighted by Crippen LogP contribution is 2.15. The molecular formula is C13H28O2. The van der Waals surface area contributed by atoms with Gasteiger partial charge in [-0.15, -0.1) is 0 Å². The molecule has 0 saturated heterocycles. The number of hydrogen-bond acceptors (Lipinski definition) is 2. The fourth-order valence-corrected chi connectivity index (χ4v) is 1.32. The normalized spacial score (nSPS) is 13.9. The van der Waals surface area contributed by atoms with Gasteiger partial charge < -0.3 is 4.74 Å². The Bertz CT molecular complexity index is 106. The highest BCUT2D eigenvalue weighted by atomic mass is 16.5. The van der Waals surface area contributed by atoms with Gasteiger partial charge in [0.05, 0.1) is 6.61 Å². The van der Waals surface area contributed by atoms with Gasteiger partial charge in [-0.2, -0.15) is 0 Å². The number of carbonyl (C=O) groups excluding carboxylic acids is 1. The average Bonchev–Trinajstić information content (AvgIpc) is 2.35. The third kappa shape index (κ3) is 16.2. The van der Waals surface area contributed by atoms with E-state index in [1.54, 1.807) is 13.8 Å². The van der Waals surface area contributed by atoms with E-state index in [1.807, 2.05) is 13.8 Å². The third-order valence-corrected chi connectivity index (χ3v) is 2.09. The molecule has 0 aromatic carbocycles. The first kappa shape index (κ1) is 16.9. The van der Waals surface area contributed by atoms with Crippen molar-refractivity contribution >= 4 is 5.97 Å². The first-order chi connectivity index (χ1) is 7.31. The summed E-state index contributed by atoms with van der Waals surface area (Å²) < 4.78 is 4.55. The van der Waals surface area contributed by atoms with E-state index in [-0.39, 0.29) is 5.97 Å². The van der Waals surface area contributed by atoms with Crippen LogP contribution >= 0.6 is 0 Å². The maximum Gasteiger partial charge on any atom is 0.305 e. The Morgan fingerprint density at radius 2 is 1.27 bits per heavy atom. The van der Waals surface area contributed by atoms with Gasteiger partial charge in [-0.25, -0.2) is 0 Å². The van der Waals surface area contributed by atoms with Gasteiger partial charge in [0.1, 0.15) is 0 Å². The maximum absolute atomic E-state index is 10.2. The van der Waals surface area contributed by atoms with Crippen molar-refractivity contribution in [3.8, 4) is 0 Å². The van der Waals surface area contributed by atoms with E-state index in [9.17, 15) is 4.79 Å². The van der Waals surface area contributed by atoms with E-state index >= 15 is 0 Å². The molecule has 2 nitrogen and oxygen atoms in total. The van der Waals surface area contributed by atoms with Crippen molar-refractivity contribution in [3.63, 3.8) is 0 Å². The second-order valence-electron chi connectivity index (χ2n) is 3.28. The van der Waals surface area contributed by atoms with Gasteiger partial charge in [0.25, 0.3) is 0 Å². The van der Waals surface area contributed by atoms with Gasteiger partial charge in [0, 0.05) is 6.42 Å². The zero-order valence-corrected chi connectivity index (χ0v) is 11.0. The minimum absolute atomic E-state index is 0.123. The Morgan fingerprint density at radius 3 is 1.40 bits per heavy atom. The quantitative estimate of drug-likeness (QED) is 0.642. The molecule has 0 spiro atoms. The summed E-state index contributed by atoms with van der Waals surface area (Å²) in [6.45, 7) is 8.07. The summed E-state index contributed by atoms with van der Waals surface area (Å²) in [5, 5.41) is 0. The first-order valence-corrected chi connectivity index (χ1v) is 6.46. The lowest BCUT2D eigenvalue weighted by atomic mass is 10.0. The van der Waals surface area contributed by atoms with E-state index in [2.05, 4.69) is 4.74 Å². The molecule has 15 heavy (non-hydrogen) atoms. The van der Waals surface area contributed by atoms with Crippen molar-refractivity contribution in [2.75, 3.05) is 6.61 Å². The van der Waals surface area contributed by atoms with Crippen LogP contribution in [0.1, 0.15) is 72.6 Å². The van der Waals surface area contributed by atoms with Crippen LogP contribution in [0.5, 0.6) is 0 Å². The SMILES string of the molecule is C1CCCCC1.CC.CCOC(=O)CC. The molecule has 92 valence electrons. The Kier molecular flexibility index (Phi) is 17.9. The standard InChI is InChI=1S/C6H12.C5H10O2.C2H6/c1-2-4-6-5-3-1;1-3-5(6)7-4-2;1-2/h1-6H2;3-4H2,1-2H3;1-2H3. The van der Waals surface area contributed by atoms with Crippen LogP contribution in [0.3, 0.4) is 0 Å². The van der Waals surface area contributed by atoms with E-state index < -0.39 is 0 Å². The molecule has 0 atom stereocenters. The molecule has 0 unspecified atom stereocenters. The van der Waals surface area contributed by atoms with E-state index in [1.165, 1.54) is 38.5 Å². The second-order valence-corrected chi connectivity index (χ2v) is 3.28. The summed E-state index contributed by atoms with van der Waals surface area (Å²) in [5.41, 5.74) is 0. The molecule has 0 amide bonds. The Labute approximate surface area is 95.4 Å². The monoisotopic (exact) mass is 216 g/mol. The average molecular weight is 216 g/mol. The lowest BCUT2D eigenvalue weighted by molar-refractivity contribution is -0.142. The smallest absolute Gasteiger partial charge is 0.305 e. The van der Waals surface area contributed by atoms with Gasteiger partial charge in [-0.1, -0.05) is 59.3 Å². The van der Waals surface area contributed by atoms with Gasteiger partial charge in [0.2, 0.25) is 0 Å². The van der Waals surface area contributed by atoms with Crippen molar-refractivity contribution < 1.29 is 9.53 Å². The highest BCUT2D eigenvalue weighted by Gasteiger charge is 1.95. The molecule has 1 saturated carbocycles. The number of esters is 1. The summed E-state index contributed by atoms with van der Waals surface area (Å²) in [6.07, 6.45) is 9.48. The molecule has 1 aliphatic carbocycles. The Balaban J connectivity index is 0. The van der Waals surface area contributed by atoms with Gasteiger partial charge >= 0.3 is 5.97 Å². The summed E-state index contributed by atoms with van der Waals surface area (Å²) in [4.78, 5) is 10.2. The summed E-state index contributed by atoms with van der Waals surface area (Å²) in [5.74, 6) is -0.123.